The van der Waals surface area contributed by atoms with Crippen LogP contribution in [0.1, 0.15) is 16.7 Å². The van der Waals surface area contributed by atoms with Crippen molar-refractivity contribution in [3.8, 4) is 11.9 Å². The maximum absolute atomic E-state index is 10.6. The van der Waals surface area contributed by atoms with Gasteiger partial charge in [-0.25, -0.2) is 0 Å². The number of likely N-dealkylation sites (N-methyl/N-ethyl adjacent to an activating group) is 1. The molecule has 8 nitrogen and oxygen atoms in total. The summed E-state index contributed by atoms with van der Waals surface area (Å²) in [4.78, 5) is 9.45. The fourth-order valence-corrected chi connectivity index (χ4v) is 5.07. The number of nitrogens with one attached hydrogen (secondary N) is 1. The van der Waals surface area contributed by atoms with E-state index in [9.17, 15) is 10.4 Å². The molecular formula is C29H29ClN7O+. The maximum Gasteiger partial charge on any atom is 0.351 e. The Morgan fingerprint density at radius 2 is 1.79 bits per heavy atom. The van der Waals surface area contributed by atoms with Gasteiger partial charge in [-0.15, -0.1) is 17.7 Å². The predicted octanol–water partition coefficient (Wildman–Crippen LogP) is 4.77. The summed E-state index contributed by atoms with van der Waals surface area (Å²) in [7, 11) is 2.15. The molecular weight excluding hydrogens is 498 g/mol. The standard InChI is InChI=1S/C29H27N7O.ClH/c1-34-12-14-35(15-13-34)24-16-22-10-11-27-32-29(23-8-5-9-25(37)17-23)33-36(27,20-30)28(22)26(18-24)31-19-21-6-3-2-4-7-21;/h2-11,16-18,31H,12-15,19H2,1H3;1H/p+1. The van der Waals surface area contributed by atoms with Gasteiger partial charge in [0.05, 0.1) is 0 Å². The van der Waals surface area contributed by atoms with Gasteiger partial charge < -0.3 is 20.2 Å². The summed E-state index contributed by atoms with van der Waals surface area (Å²) >= 11 is 0. The smallest absolute Gasteiger partial charge is 0.351 e. The van der Waals surface area contributed by atoms with Crippen LogP contribution >= 0.6 is 12.4 Å². The van der Waals surface area contributed by atoms with Crippen molar-refractivity contribution in [2.24, 2.45) is 10.1 Å². The van der Waals surface area contributed by atoms with Crippen LogP contribution in [0.5, 0.6) is 5.75 Å². The number of amidine groups is 2. The highest BCUT2D eigenvalue weighted by Gasteiger charge is 2.49. The van der Waals surface area contributed by atoms with Gasteiger partial charge in [-0.1, -0.05) is 42.5 Å². The Labute approximate surface area is 228 Å². The molecule has 1 fully saturated rings. The minimum Gasteiger partial charge on any atom is -0.508 e. The van der Waals surface area contributed by atoms with Crippen molar-refractivity contribution in [3.05, 3.63) is 89.5 Å². The molecule has 9 heteroatoms. The Bertz CT molecular complexity index is 1490. The fraction of sp³-hybridized carbons (Fsp3) is 0.207. The number of hydrogen-bond donors (Lipinski definition) is 2. The Morgan fingerprint density at radius 1 is 1.00 bits per heavy atom. The lowest BCUT2D eigenvalue weighted by molar-refractivity contribution is 0.313. The van der Waals surface area contributed by atoms with E-state index >= 15 is 0 Å². The number of nitrogens with zero attached hydrogens (tertiary/aromatic N) is 6. The molecule has 6 rings (SSSR count). The lowest BCUT2D eigenvalue weighted by atomic mass is 10.0. The summed E-state index contributed by atoms with van der Waals surface area (Å²) < 4.78 is -0.392. The summed E-state index contributed by atoms with van der Waals surface area (Å²) in [5, 5.41) is 29.0. The molecule has 3 aromatic carbocycles. The average Bonchev–Trinajstić information content (AvgIpc) is 3.33. The maximum atomic E-state index is 10.6. The summed E-state index contributed by atoms with van der Waals surface area (Å²) in [6.07, 6.45) is 6.34. The van der Waals surface area contributed by atoms with Crippen LogP contribution in [0.15, 0.2) is 82.9 Å². The van der Waals surface area contributed by atoms with Crippen LogP contribution in [0.4, 0.5) is 17.1 Å². The predicted molar refractivity (Wildman–Crippen MR) is 156 cm³/mol. The van der Waals surface area contributed by atoms with Crippen LogP contribution in [0.3, 0.4) is 0 Å². The van der Waals surface area contributed by atoms with Crippen LogP contribution in [0.2, 0.25) is 0 Å². The van der Waals surface area contributed by atoms with Gasteiger partial charge in [-0.3, -0.25) is 0 Å². The van der Waals surface area contributed by atoms with Crippen LogP contribution in [-0.4, -0.2) is 54.9 Å². The van der Waals surface area contributed by atoms with E-state index in [0.29, 0.717) is 23.8 Å². The highest BCUT2D eigenvalue weighted by Crippen LogP contribution is 2.45. The van der Waals surface area contributed by atoms with Crippen LogP contribution in [0, 0.1) is 11.5 Å². The molecule has 0 radical (unpaired) electrons. The zero-order valence-corrected chi connectivity index (χ0v) is 21.9. The highest BCUT2D eigenvalue weighted by molar-refractivity contribution is 6.22. The Morgan fingerprint density at radius 3 is 2.53 bits per heavy atom. The zero-order valence-electron chi connectivity index (χ0n) is 21.1. The number of halogens is 1. The van der Waals surface area contributed by atoms with E-state index < -0.39 is 4.59 Å². The molecule has 1 atom stereocenters. The monoisotopic (exact) mass is 526 g/mol. The summed E-state index contributed by atoms with van der Waals surface area (Å²) in [5.74, 6) is 1.08. The number of rotatable bonds is 5. The van der Waals surface area contributed by atoms with Gasteiger partial charge in [-0.05, 0) is 52.6 Å². The second-order valence-corrected chi connectivity index (χ2v) is 9.57. The number of phenolic OH excluding ortho intramolecular Hbond substituents is 1. The minimum absolute atomic E-state index is 0. The topological polar surface area (TPSA) is 87.2 Å². The second-order valence-electron chi connectivity index (χ2n) is 9.57. The van der Waals surface area contributed by atoms with Crippen LogP contribution in [0.25, 0.3) is 6.08 Å². The molecule has 38 heavy (non-hydrogen) atoms. The first-order valence-corrected chi connectivity index (χ1v) is 12.4. The van der Waals surface area contributed by atoms with Crippen molar-refractivity contribution < 1.29 is 5.11 Å². The van der Waals surface area contributed by atoms with E-state index in [0.717, 1.165) is 54.4 Å². The first kappa shape index (κ1) is 25.5. The Balaban J connectivity index is 0.00000294. The third-order valence-electron chi connectivity index (χ3n) is 7.10. The van der Waals surface area contributed by atoms with Gasteiger partial charge in [0, 0.05) is 55.6 Å². The number of hydrogen-bond acceptors (Lipinski definition) is 7. The second kappa shape index (κ2) is 10.3. The minimum atomic E-state index is -0.392. The molecule has 0 spiro atoms. The van der Waals surface area contributed by atoms with Crippen LogP contribution in [-0.2, 0) is 6.54 Å². The van der Waals surface area contributed by atoms with Crippen LogP contribution < -0.4 is 14.8 Å². The molecule has 1 saturated heterocycles. The molecule has 0 saturated carbocycles. The lowest BCUT2D eigenvalue weighted by Gasteiger charge is -2.35. The molecule has 3 heterocycles. The van der Waals surface area contributed by atoms with E-state index in [2.05, 4.69) is 52.6 Å². The molecule has 2 N–H and O–H groups in total. The molecule has 192 valence electrons. The lowest BCUT2D eigenvalue weighted by Crippen LogP contribution is -2.45. The highest BCUT2D eigenvalue weighted by atomic mass is 35.5. The van der Waals surface area contributed by atoms with Crippen molar-refractivity contribution in [2.45, 2.75) is 6.54 Å². The number of fused-ring (bicyclic) bond motifs is 3. The quantitative estimate of drug-likeness (QED) is 0.369. The van der Waals surface area contributed by atoms with E-state index in [1.807, 2.05) is 36.4 Å². The van der Waals surface area contributed by atoms with Crippen molar-refractivity contribution in [3.63, 3.8) is 0 Å². The molecule has 0 aliphatic carbocycles. The molecule has 0 amide bonds. The van der Waals surface area contributed by atoms with Gasteiger partial charge in [0.1, 0.15) is 11.4 Å². The van der Waals surface area contributed by atoms with Gasteiger partial charge in [0.15, 0.2) is 0 Å². The van der Waals surface area contributed by atoms with Gasteiger partial charge in [-0.2, -0.15) is 4.99 Å². The zero-order chi connectivity index (χ0) is 25.4. The molecule has 0 aromatic heterocycles. The number of quaternary nitrogens is 1. The van der Waals surface area contributed by atoms with Crippen molar-refractivity contribution >= 4 is 47.2 Å². The fourth-order valence-electron chi connectivity index (χ4n) is 5.07. The van der Waals surface area contributed by atoms with Gasteiger partial charge in [0.25, 0.3) is 5.84 Å². The van der Waals surface area contributed by atoms with E-state index in [4.69, 9.17) is 10.1 Å². The van der Waals surface area contributed by atoms with Gasteiger partial charge in [0.2, 0.25) is 11.5 Å². The number of aliphatic imine (C=N–C) groups is 1. The van der Waals surface area contributed by atoms with Crippen molar-refractivity contribution in [2.75, 3.05) is 43.4 Å². The van der Waals surface area contributed by atoms with Crippen molar-refractivity contribution in [1.82, 2.24) is 9.49 Å². The van der Waals surface area contributed by atoms with E-state index in [-0.39, 0.29) is 18.2 Å². The number of benzene rings is 3. The van der Waals surface area contributed by atoms with Gasteiger partial charge >= 0.3 is 6.19 Å². The molecule has 3 aliphatic rings. The Kier molecular flexibility index (Phi) is 6.91. The molecule has 0 bridgehead atoms. The summed E-state index contributed by atoms with van der Waals surface area (Å²) in [6, 6.07) is 21.3. The third-order valence-corrected chi connectivity index (χ3v) is 7.10. The average molecular weight is 527 g/mol. The first-order valence-electron chi connectivity index (χ1n) is 12.4. The third kappa shape index (κ3) is 4.52. The number of aromatic hydroxyl groups is 1. The number of anilines is 2. The molecule has 3 aromatic rings. The number of nitriles is 1. The first-order chi connectivity index (χ1) is 18.1. The SMILES string of the molecule is CN1CCN(c2cc3c(c(NCc4ccccc4)c2)[N+]2(C#N)N=C(c4cccc(O)c4)N=C2C=C3)CC1.Cl. The van der Waals surface area contributed by atoms with Crippen molar-refractivity contribution in [1.29, 1.82) is 5.26 Å². The molecule has 1 unspecified atom stereocenters. The van der Waals surface area contributed by atoms with E-state index in [1.165, 1.54) is 0 Å². The molecule has 3 aliphatic heterocycles. The number of phenols is 1. The summed E-state index contributed by atoms with van der Waals surface area (Å²) in [6.45, 7) is 4.52. The van der Waals surface area contributed by atoms with E-state index in [1.54, 1.807) is 18.2 Å². The summed E-state index contributed by atoms with van der Waals surface area (Å²) in [5.41, 5.74) is 5.49. The normalized spacial score (nSPS) is 19.9. The Hall–Kier alpha value is -4.16. The largest absolute Gasteiger partial charge is 0.508 e. The number of piperazine rings is 1.